The summed E-state index contributed by atoms with van der Waals surface area (Å²) < 4.78 is 5.28. The predicted octanol–water partition coefficient (Wildman–Crippen LogP) is 3.72. The second-order valence-corrected chi connectivity index (χ2v) is 7.70. The molecule has 0 aliphatic heterocycles. The van der Waals surface area contributed by atoms with Gasteiger partial charge in [-0.25, -0.2) is 4.79 Å². The molecule has 2 aromatic carbocycles. The zero-order valence-electron chi connectivity index (χ0n) is 18.8. The number of esters is 1. The Bertz CT molecular complexity index is 959. The van der Waals surface area contributed by atoms with Crippen LogP contribution in [0.15, 0.2) is 42.5 Å². The van der Waals surface area contributed by atoms with Crippen molar-refractivity contribution in [1.29, 1.82) is 5.41 Å². The van der Waals surface area contributed by atoms with Crippen LogP contribution in [-0.2, 0) is 32.1 Å². The number of rotatable bonds is 9. The summed E-state index contributed by atoms with van der Waals surface area (Å²) in [5, 5.41) is 8.01. The molecule has 6 nitrogen and oxygen atoms in total. The lowest BCUT2D eigenvalue weighted by molar-refractivity contribution is -0.153. The fourth-order valence-electron chi connectivity index (χ4n) is 3.64. The van der Waals surface area contributed by atoms with Gasteiger partial charge in [0.1, 0.15) is 6.04 Å². The van der Waals surface area contributed by atoms with E-state index < -0.39 is 29.4 Å². The van der Waals surface area contributed by atoms with E-state index in [9.17, 15) is 14.4 Å². The summed E-state index contributed by atoms with van der Waals surface area (Å²) in [6.07, 6.45) is 0.223. The number of hydrogen-bond donors (Lipinski definition) is 1. The first-order valence-corrected chi connectivity index (χ1v) is 10.3. The zero-order valence-corrected chi connectivity index (χ0v) is 18.8. The Hall–Kier alpha value is -3.28. The highest BCUT2D eigenvalue weighted by Gasteiger charge is 2.34. The number of nitrogens with one attached hydrogen (secondary N) is 1. The van der Waals surface area contributed by atoms with Crippen LogP contribution in [0.3, 0.4) is 0 Å². The number of nitrogens with zero attached hydrogens (tertiary/aromatic N) is 1. The van der Waals surface area contributed by atoms with Gasteiger partial charge < -0.3 is 9.64 Å². The van der Waals surface area contributed by atoms with E-state index >= 15 is 0 Å². The topological polar surface area (TPSA) is 87.5 Å². The minimum atomic E-state index is -0.963. The molecule has 1 N–H and O–H groups in total. The zero-order chi connectivity index (χ0) is 23.1. The fraction of sp³-hybridized carbons (Fsp3) is 0.360. The molecule has 0 spiro atoms. The van der Waals surface area contributed by atoms with Gasteiger partial charge in [-0.3, -0.25) is 15.0 Å². The molecule has 0 aromatic heterocycles. The van der Waals surface area contributed by atoms with E-state index in [4.69, 9.17) is 10.1 Å². The molecule has 0 saturated heterocycles. The van der Waals surface area contributed by atoms with Crippen LogP contribution in [0.4, 0.5) is 0 Å². The van der Waals surface area contributed by atoms with Gasteiger partial charge >= 0.3 is 5.97 Å². The standard InChI is InChI=1S/C25H30N2O4/c1-6-31-25(30)22(14-20-10-8-7-9-11-20)27(24(29)23(26)19(5)28)15-21-17(3)12-16(2)13-18(21)4/h7-13,22,26H,6,14-15H2,1-5H3/t22-/m0/s1. The maximum absolute atomic E-state index is 13.2. The highest BCUT2D eigenvalue weighted by molar-refractivity contribution is 6.64. The van der Waals surface area contributed by atoms with E-state index in [2.05, 4.69) is 0 Å². The average molecular weight is 423 g/mol. The van der Waals surface area contributed by atoms with Crippen molar-refractivity contribution in [3.05, 3.63) is 70.3 Å². The largest absolute Gasteiger partial charge is 0.464 e. The maximum Gasteiger partial charge on any atom is 0.329 e. The van der Waals surface area contributed by atoms with E-state index in [1.165, 1.54) is 11.8 Å². The first kappa shape index (κ1) is 24.0. The first-order valence-electron chi connectivity index (χ1n) is 10.3. The Labute approximate surface area is 183 Å². The first-order chi connectivity index (χ1) is 14.6. The van der Waals surface area contributed by atoms with Crippen LogP contribution >= 0.6 is 0 Å². The van der Waals surface area contributed by atoms with Crippen molar-refractivity contribution in [3.8, 4) is 0 Å². The van der Waals surface area contributed by atoms with E-state index in [-0.39, 0.29) is 19.6 Å². The second kappa shape index (κ2) is 10.7. The fourth-order valence-corrected chi connectivity index (χ4v) is 3.64. The summed E-state index contributed by atoms with van der Waals surface area (Å²) in [7, 11) is 0. The minimum absolute atomic E-state index is 0.1000. The van der Waals surface area contributed by atoms with Crippen LogP contribution < -0.4 is 0 Å². The molecule has 2 rings (SSSR count). The van der Waals surface area contributed by atoms with Gasteiger partial charge in [0.05, 0.1) is 6.61 Å². The Balaban J connectivity index is 2.55. The number of carbonyl (C=O) groups is 3. The summed E-state index contributed by atoms with van der Waals surface area (Å²) in [5.74, 6) is -1.98. The molecular formula is C25H30N2O4. The minimum Gasteiger partial charge on any atom is -0.464 e. The van der Waals surface area contributed by atoms with E-state index in [0.717, 1.165) is 27.8 Å². The molecule has 0 aliphatic carbocycles. The highest BCUT2D eigenvalue weighted by Crippen LogP contribution is 2.22. The molecule has 0 fully saturated rings. The molecule has 0 aliphatic rings. The second-order valence-electron chi connectivity index (χ2n) is 7.70. The monoisotopic (exact) mass is 422 g/mol. The molecule has 1 atom stereocenters. The molecule has 0 heterocycles. The van der Waals surface area contributed by atoms with E-state index in [1.54, 1.807) is 6.92 Å². The van der Waals surface area contributed by atoms with Gasteiger partial charge in [0, 0.05) is 19.9 Å². The molecular weight excluding hydrogens is 392 g/mol. The number of amides is 1. The number of hydrogen-bond acceptors (Lipinski definition) is 5. The number of benzene rings is 2. The molecule has 0 unspecified atom stereocenters. The Kier molecular flexibility index (Phi) is 8.25. The molecule has 6 heteroatoms. The van der Waals surface area contributed by atoms with Crippen molar-refractivity contribution in [2.24, 2.45) is 0 Å². The molecule has 0 radical (unpaired) electrons. The number of Topliss-reactive ketones (excluding diaryl/α,β-unsaturated/α-hetero) is 1. The van der Waals surface area contributed by atoms with Crippen LogP contribution in [0.5, 0.6) is 0 Å². The normalized spacial score (nSPS) is 11.5. The molecule has 0 saturated carbocycles. The molecule has 2 aromatic rings. The van der Waals surface area contributed by atoms with E-state index in [1.807, 2.05) is 63.2 Å². The van der Waals surface area contributed by atoms with Crippen molar-refractivity contribution in [3.63, 3.8) is 0 Å². The summed E-state index contributed by atoms with van der Waals surface area (Å²) in [4.78, 5) is 39.2. The molecule has 164 valence electrons. The quantitative estimate of drug-likeness (QED) is 0.379. The van der Waals surface area contributed by atoms with Gasteiger partial charge in [-0.05, 0) is 49.9 Å². The summed E-state index contributed by atoms with van der Waals surface area (Å²) in [6, 6.07) is 12.4. The lowest BCUT2D eigenvalue weighted by Gasteiger charge is -2.31. The molecule has 31 heavy (non-hydrogen) atoms. The van der Waals surface area contributed by atoms with Crippen molar-refractivity contribution < 1.29 is 19.1 Å². The van der Waals surface area contributed by atoms with Crippen LogP contribution in [0.2, 0.25) is 0 Å². The molecule has 0 bridgehead atoms. The number of ketones is 1. The van der Waals surface area contributed by atoms with Gasteiger partial charge in [-0.15, -0.1) is 0 Å². The number of ether oxygens (including phenoxy) is 1. The van der Waals surface area contributed by atoms with Crippen molar-refractivity contribution >= 4 is 23.4 Å². The highest BCUT2D eigenvalue weighted by atomic mass is 16.5. The van der Waals surface area contributed by atoms with Gasteiger partial charge in [-0.1, -0.05) is 48.0 Å². The number of carbonyl (C=O) groups excluding carboxylic acids is 3. The Morgan fingerprint density at radius 3 is 2.13 bits per heavy atom. The van der Waals surface area contributed by atoms with Crippen molar-refractivity contribution in [2.75, 3.05) is 6.61 Å². The summed E-state index contributed by atoms with van der Waals surface area (Å²) in [5.41, 5.74) is 4.14. The van der Waals surface area contributed by atoms with Crippen LogP contribution in [0.1, 0.15) is 41.7 Å². The van der Waals surface area contributed by atoms with Crippen molar-refractivity contribution in [1.82, 2.24) is 4.90 Å². The van der Waals surface area contributed by atoms with Crippen molar-refractivity contribution in [2.45, 2.75) is 53.6 Å². The lowest BCUT2D eigenvalue weighted by atomic mass is 9.97. The third-order valence-corrected chi connectivity index (χ3v) is 5.20. The van der Waals surface area contributed by atoms with Gasteiger partial charge in [0.25, 0.3) is 5.91 Å². The summed E-state index contributed by atoms with van der Waals surface area (Å²) in [6.45, 7) is 9.04. The predicted molar refractivity (Wildman–Crippen MR) is 120 cm³/mol. The van der Waals surface area contributed by atoms with Gasteiger partial charge in [0.15, 0.2) is 11.5 Å². The van der Waals surface area contributed by atoms with Crippen LogP contribution in [0, 0.1) is 26.2 Å². The SMILES string of the molecule is CCOC(=O)[C@H](Cc1ccccc1)N(Cc1c(C)cc(C)cc1C)C(=O)C(=N)C(C)=O. The van der Waals surface area contributed by atoms with Gasteiger partial charge in [0.2, 0.25) is 0 Å². The van der Waals surface area contributed by atoms with Gasteiger partial charge in [-0.2, -0.15) is 0 Å². The average Bonchev–Trinajstić information content (AvgIpc) is 2.71. The summed E-state index contributed by atoms with van der Waals surface area (Å²) >= 11 is 0. The maximum atomic E-state index is 13.2. The van der Waals surface area contributed by atoms with Crippen LogP contribution in [-0.4, -0.2) is 40.9 Å². The molecule has 1 amide bonds. The Morgan fingerprint density at radius 2 is 1.61 bits per heavy atom. The lowest BCUT2D eigenvalue weighted by Crippen LogP contribution is -2.50. The number of aryl methyl sites for hydroxylation is 3. The van der Waals surface area contributed by atoms with E-state index in [0.29, 0.717) is 0 Å². The smallest absolute Gasteiger partial charge is 0.329 e. The van der Waals surface area contributed by atoms with Crippen LogP contribution in [0.25, 0.3) is 0 Å². The third-order valence-electron chi connectivity index (χ3n) is 5.20. The third kappa shape index (κ3) is 6.10. The Morgan fingerprint density at radius 1 is 1.03 bits per heavy atom.